The fourth-order valence-electron chi connectivity index (χ4n) is 2.98. The molecule has 0 radical (unpaired) electrons. The van der Waals surface area contributed by atoms with Crippen LogP contribution in [0.3, 0.4) is 0 Å². The molecule has 0 aliphatic carbocycles. The van der Waals surface area contributed by atoms with Crippen molar-refractivity contribution < 1.29 is 0 Å². The lowest BCUT2D eigenvalue weighted by atomic mass is 10.1. The second-order valence-corrected chi connectivity index (χ2v) is 5.56. The first-order valence-corrected chi connectivity index (χ1v) is 7.41. The Morgan fingerprint density at radius 3 is 2.74 bits per heavy atom. The van der Waals surface area contributed by atoms with Crippen LogP contribution in [0.5, 0.6) is 0 Å². The van der Waals surface area contributed by atoms with Gasteiger partial charge in [0.15, 0.2) is 0 Å². The molecule has 0 amide bonds. The summed E-state index contributed by atoms with van der Waals surface area (Å²) in [4.78, 5) is 5.14. The standard InChI is InChI=1S/C16H27N3/c1-4-19-9-8-18(12-14(19)2)13-16-7-5-6-15(10-16)11-17-3/h5-7,10,14,17H,4,8-9,11-13H2,1-3H3. The van der Waals surface area contributed by atoms with Crippen LogP contribution in [0.1, 0.15) is 25.0 Å². The van der Waals surface area contributed by atoms with Gasteiger partial charge in [-0.3, -0.25) is 9.80 Å². The minimum Gasteiger partial charge on any atom is -0.316 e. The van der Waals surface area contributed by atoms with Crippen LogP contribution < -0.4 is 5.32 Å². The van der Waals surface area contributed by atoms with Crippen LogP contribution in [0.15, 0.2) is 24.3 Å². The molecule has 0 aromatic heterocycles. The van der Waals surface area contributed by atoms with E-state index in [0.29, 0.717) is 6.04 Å². The average Bonchev–Trinajstić information content (AvgIpc) is 2.40. The molecule has 1 aliphatic rings. The molecule has 2 rings (SSSR count). The topological polar surface area (TPSA) is 18.5 Å². The van der Waals surface area contributed by atoms with Gasteiger partial charge in [0.1, 0.15) is 0 Å². The highest BCUT2D eigenvalue weighted by Gasteiger charge is 2.22. The first kappa shape index (κ1) is 14.5. The molecular formula is C16H27N3. The van der Waals surface area contributed by atoms with Crippen LogP contribution in [-0.2, 0) is 13.1 Å². The zero-order valence-electron chi connectivity index (χ0n) is 12.5. The Morgan fingerprint density at radius 2 is 2.05 bits per heavy atom. The van der Waals surface area contributed by atoms with Gasteiger partial charge in [0.05, 0.1) is 0 Å². The lowest BCUT2D eigenvalue weighted by molar-refractivity contribution is 0.0834. The predicted molar refractivity (Wildman–Crippen MR) is 81.2 cm³/mol. The molecule has 1 aliphatic heterocycles. The van der Waals surface area contributed by atoms with Crippen LogP contribution in [0.2, 0.25) is 0 Å². The smallest absolute Gasteiger partial charge is 0.0235 e. The summed E-state index contributed by atoms with van der Waals surface area (Å²) in [6, 6.07) is 9.62. The van der Waals surface area contributed by atoms with Gasteiger partial charge in [0, 0.05) is 38.8 Å². The maximum Gasteiger partial charge on any atom is 0.0235 e. The maximum atomic E-state index is 3.22. The molecule has 1 heterocycles. The molecule has 0 spiro atoms. The number of hydrogen-bond donors (Lipinski definition) is 1. The van der Waals surface area contributed by atoms with Gasteiger partial charge < -0.3 is 5.32 Å². The normalized spacial score (nSPS) is 21.7. The molecule has 1 aromatic rings. The monoisotopic (exact) mass is 261 g/mol. The highest BCUT2D eigenvalue weighted by atomic mass is 15.3. The van der Waals surface area contributed by atoms with Gasteiger partial charge in [0.25, 0.3) is 0 Å². The maximum absolute atomic E-state index is 3.22. The number of likely N-dealkylation sites (N-methyl/N-ethyl adjacent to an activating group) is 1. The van der Waals surface area contributed by atoms with Crippen molar-refractivity contribution in [3.63, 3.8) is 0 Å². The van der Waals surface area contributed by atoms with Gasteiger partial charge in [-0.25, -0.2) is 0 Å². The van der Waals surface area contributed by atoms with Gasteiger partial charge in [-0.2, -0.15) is 0 Å². The first-order chi connectivity index (χ1) is 9.22. The Labute approximate surface area is 117 Å². The molecule has 3 nitrogen and oxygen atoms in total. The number of nitrogens with one attached hydrogen (secondary N) is 1. The van der Waals surface area contributed by atoms with Crippen molar-refractivity contribution in [3.05, 3.63) is 35.4 Å². The number of benzene rings is 1. The molecule has 1 atom stereocenters. The third kappa shape index (κ3) is 4.03. The van der Waals surface area contributed by atoms with E-state index in [1.54, 1.807) is 0 Å². The van der Waals surface area contributed by atoms with E-state index in [2.05, 4.69) is 53.2 Å². The van der Waals surface area contributed by atoms with E-state index < -0.39 is 0 Å². The van der Waals surface area contributed by atoms with Crippen molar-refractivity contribution in [2.24, 2.45) is 0 Å². The van der Waals surface area contributed by atoms with E-state index in [1.807, 2.05) is 7.05 Å². The lowest BCUT2D eigenvalue weighted by Gasteiger charge is -2.39. The Morgan fingerprint density at radius 1 is 1.26 bits per heavy atom. The van der Waals surface area contributed by atoms with Crippen LogP contribution in [0, 0.1) is 0 Å². The second-order valence-electron chi connectivity index (χ2n) is 5.56. The second kappa shape index (κ2) is 7.04. The minimum atomic E-state index is 0.680. The van der Waals surface area contributed by atoms with Crippen LogP contribution in [0.4, 0.5) is 0 Å². The van der Waals surface area contributed by atoms with Crippen molar-refractivity contribution >= 4 is 0 Å². The van der Waals surface area contributed by atoms with E-state index in [4.69, 9.17) is 0 Å². The van der Waals surface area contributed by atoms with E-state index in [-0.39, 0.29) is 0 Å². The molecule has 1 N–H and O–H groups in total. The molecular weight excluding hydrogens is 234 g/mol. The van der Waals surface area contributed by atoms with Crippen LogP contribution in [0.25, 0.3) is 0 Å². The highest BCUT2D eigenvalue weighted by Crippen LogP contribution is 2.13. The van der Waals surface area contributed by atoms with Crippen LogP contribution >= 0.6 is 0 Å². The quantitative estimate of drug-likeness (QED) is 0.874. The van der Waals surface area contributed by atoms with Crippen molar-refractivity contribution in [2.75, 3.05) is 33.2 Å². The first-order valence-electron chi connectivity index (χ1n) is 7.41. The third-order valence-corrected chi connectivity index (χ3v) is 4.03. The molecule has 19 heavy (non-hydrogen) atoms. The zero-order valence-corrected chi connectivity index (χ0v) is 12.5. The Kier molecular flexibility index (Phi) is 5.37. The van der Waals surface area contributed by atoms with Crippen LogP contribution in [-0.4, -0.2) is 49.1 Å². The SMILES string of the molecule is CCN1CCN(Cc2cccc(CNC)c2)CC1C. The van der Waals surface area contributed by atoms with Crippen molar-refractivity contribution in [1.82, 2.24) is 15.1 Å². The Hall–Kier alpha value is -0.900. The molecule has 0 bridgehead atoms. The number of nitrogens with zero attached hydrogens (tertiary/aromatic N) is 2. The van der Waals surface area contributed by atoms with E-state index >= 15 is 0 Å². The van der Waals surface area contributed by atoms with Crippen molar-refractivity contribution in [2.45, 2.75) is 33.0 Å². The zero-order chi connectivity index (χ0) is 13.7. The summed E-state index contributed by atoms with van der Waals surface area (Å²) >= 11 is 0. The summed E-state index contributed by atoms with van der Waals surface area (Å²) in [5.41, 5.74) is 2.81. The third-order valence-electron chi connectivity index (χ3n) is 4.03. The number of rotatable bonds is 5. The van der Waals surface area contributed by atoms with Gasteiger partial charge >= 0.3 is 0 Å². The Balaban J connectivity index is 1.92. The molecule has 0 saturated carbocycles. The van der Waals surface area contributed by atoms with E-state index in [1.165, 1.54) is 37.3 Å². The number of piperazine rings is 1. The summed E-state index contributed by atoms with van der Waals surface area (Å²) < 4.78 is 0. The number of hydrogen-bond acceptors (Lipinski definition) is 3. The summed E-state index contributed by atoms with van der Waals surface area (Å²) in [6.45, 7) is 11.4. The average molecular weight is 261 g/mol. The van der Waals surface area contributed by atoms with E-state index in [9.17, 15) is 0 Å². The van der Waals surface area contributed by atoms with E-state index in [0.717, 1.165) is 13.1 Å². The molecule has 1 fully saturated rings. The minimum absolute atomic E-state index is 0.680. The summed E-state index contributed by atoms with van der Waals surface area (Å²) in [5.74, 6) is 0. The van der Waals surface area contributed by atoms with Gasteiger partial charge in [-0.05, 0) is 31.6 Å². The van der Waals surface area contributed by atoms with Gasteiger partial charge in [0.2, 0.25) is 0 Å². The van der Waals surface area contributed by atoms with Gasteiger partial charge in [-0.1, -0.05) is 31.2 Å². The summed E-state index contributed by atoms with van der Waals surface area (Å²) in [5, 5.41) is 3.22. The molecule has 1 unspecified atom stereocenters. The molecule has 106 valence electrons. The largest absolute Gasteiger partial charge is 0.316 e. The summed E-state index contributed by atoms with van der Waals surface area (Å²) in [6.07, 6.45) is 0. The lowest BCUT2D eigenvalue weighted by Crippen LogP contribution is -2.51. The predicted octanol–water partition coefficient (Wildman–Crippen LogP) is 1.93. The van der Waals surface area contributed by atoms with Crippen molar-refractivity contribution in [3.8, 4) is 0 Å². The summed E-state index contributed by atoms with van der Waals surface area (Å²) in [7, 11) is 2.00. The van der Waals surface area contributed by atoms with Crippen molar-refractivity contribution in [1.29, 1.82) is 0 Å². The molecule has 1 saturated heterocycles. The highest BCUT2D eigenvalue weighted by molar-refractivity contribution is 5.23. The molecule has 3 heteroatoms. The fraction of sp³-hybridized carbons (Fsp3) is 0.625. The Bertz CT molecular complexity index is 391. The fourth-order valence-corrected chi connectivity index (χ4v) is 2.98. The molecule has 1 aromatic carbocycles. The van der Waals surface area contributed by atoms with Gasteiger partial charge in [-0.15, -0.1) is 0 Å².